The minimum atomic E-state index is -1.06. The topological polar surface area (TPSA) is 123 Å². The van der Waals surface area contributed by atoms with Crippen LogP contribution in [-0.2, 0) is 16.1 Å². The fourth-order valence-electron chi connectivity index (χ4n) is 3.56. The molecule has 4 rings (SSSR count). The summed E-state index contributed by atoms with van der Waals surface area (Å²) in [6.07, 6.45) is 1.62. The number of nitrogens with zero attached hydrogens (tertiary/aromatic N) is 4. The van der Waals surface area contributed by atoms with Crippen molar-refractivity contribution in [3.8, 4) is 10.6 Å². The molecular weight excluding hydrogens is 470 g/mol. The Morgan fingerprint density at radius 3 is 2.71 bits per heavy atom. The molecule has 0 fully saturated rings. The minimum Gasteiger partial charge on any atom is -0.440 e. The van der Waals surface area contributed by atoms with Gasteiger partial charge in [-0.25, -0.2) is 9.97 Å². The van der Waals surface area contributed by atoms with Gasteiger partial charge in [-0.3, -0.25) is 14.9 Å². The highest BCUT2D eigenvalue weighted by Crippen LogP contribution is 2.30. The summed E-state index contributed by atoms with van der Waals surface area (Å²) >= 11 is 1.28. The van der Waals surface area contributed by atoms with E-state index in [9.17, 15) is 14.7 Å². The Balaban J connectivity index is 1.66. The van der Waals surface area contributed by atoms with Crippen LogP contribution in [-0.4, -0.2) is 57.8 Å². The van der Waals surface area contributed by atoms with Gasteiger partial charge in [0, 0.05) is 26.8 Å². The number of methoxy groups -OCH3 is 1. The normalized spacial score (nSPS) is 11.7. The number of carbonyl (C=O) groups is 2. The molecule has 0 spiro atoms. The summed E-state index contributed by atoms with van der Waals surface area (Å²) < 4.78 is 12.2. The van der Waals surface area contributed by atoms with Gasteiger partial charge in [-0.15, -0.1) is 11.3 Å². The molecule has 0 radical (unpaired) electrons. The zero-order valence-corrected chi connectivity index (χ0v) is 21.0. The quantitative estimate of drug-likeness (QED) is 0.381. The average Bonchev–Trinajstić information content (AvgIpc) is 3.51. The lowest BCUT2D eigenvalue weighted by Crippen LogP contribution is -2.29. The summed E-state index contributed by atoms with van der Waals surface area (Å²) in [7, 11) is 3.12. The van der Waals surface area contributed by atoms with Crippen LogP contribution in [0.1, 0.15) is 29.4 Å². The van der Waals surface area contributed by atoms with Gasteiger partial charge < -0.3 is 23.7 Å². The first-order valence-corrected chi connectivity index (χ1v) is 11.7. The summed E-state index contributed by atoms with van der Waals surface area (Å²) in [5.74, 6) is 0.902. The monoisotopic (exact) mass is 497 g/mol. The molecule has 0 aliphatic heterocycles. The van der Waals surface area contributed by atoms with Crippen molar-refractivity contribution in [2.24, 2.45) is 0 Å². The molecule has 10 nitrogen and oxygen atoms in total. The number of fused-ring (bicyclic) bond motifs is 1. The van der Waals surface area contributed by atoms with Crippen LogP contribution in [0.3, 0.4) is 0 Å². The van der Waals surface area contributed by atoms with E-state index >= 15 is 0 Å². The predicted molar refractivity (Wildman–Crippen MR) is 134 cm³/mol. The molecule has 0 aliphatic carbocycles. The number of oxazole rings is 1. The lowest BCUT2D eigenvalue weighted by molar-refractivity contribution is -0.121. The van der Waals surface area contributed by atoms with Gasteiger partial charge >= 0.3 is 0 Å². The van der Waals surface area contributed by atoms with Crippen molar-refractivity contribution in [2.75, 3.05) is 31.0 Å². The zero-order valence-electron chi connectivity index (χ0n) is 20.2. The number of thiophene rings is 1. The van der Waals surface area contributed by atoms with Crippen LogP contribution in [0.2, 0.25) is 0 Å². The molecule has 2 amide bonds. The zero-order chi connectivity index (χ0) is 25.3. The molecule has 0 aliphatic rings. The first kappa shape index (κ1) is 24.6. The van der Waals surface area contributed by atoms with Gasteiger partial charge in [-0.05, 0) is 44.2 Å². The third-order valence-corrected chi connectivity index (χ3v) is 6.32. The molecule has 1 aromatic carbocycles. The van der Waals surface area contributed by atoms with Crippen molar-refractivity contribution in [1.82, 2.24) is 14.5 Å². The Morgan fingerprint density at radius 2 is 2.06 bits per heavy atom. The summed E-state index contributed by atoms with van der Waals surface area (Å²) in [4.78, 5) is 36.7. The number of ether oxygens (including phenoxy) is 1. The third-order valence-electron chi connectivity index (χ3n) is 5.23. The molecule has 0 unspecified atom stereocenters. The second-order valence-corrected chi connectivity index (χ2v) is 9.84. The first-order valence-electron chi connectivity index (χ1n) is 10.9. The highest BCUT2D eigenvalue weighted by Gasteiger charge is 2.22. The number of carbonyl (C=O) groups excluding carboxylic acids is 2. The van der Waals surface area contributed by atoms with Crippen LogP contribution in [0, 0.1) is 6.92 Å². The number of aromatic nitrogens is 3. The fraction of sp³-hybridized carbons (Fsp3) is 0.333. The molecule has 2 N–H and O–H groups in total. The molecule has 0 atom stereocenters. The van der Waals surface area contributed by atoms with Gasteiger partial charge in [0.2, 0.25) is 5.95 Å². The van der Waals surface area contributed by atoms with Crippen molar-refractivity contribution in [2.45, 2.75) is 32.9 Å². The van der Waals surface area contributed by atoms with Crippen molar-refractivity contribution in [1.29, 1.82) is 0 Å². The first-order chi connectivity index (χ1) is 16.6. The number of hydrogen-bond donors (Lipinski definition) is 2. The minimum absolute atomic E-state index is 0.0422. The number of benzene rings is 1. The Bertz CT molecular complexity index is 1380. The maximum absolute atomic E-state index is 13.1. The van der Waals surface area contributed by atoms with Crippen LogP contribution in [0.25, 0.3) is 21.7 Å². The van der Waals surface area contributed by atoms with Gasteiger partial charge in [0.1, 0.15) is 6.61 Å². The van der Waals surface area contributed by atoms with E-state index in [1.54, 1.807) is 62.8 Å². The second kappa shape index (κ2) is 9.61. The molecule has 0 bridgehead atoms. The van der Waals surface area contributed by atoms with Crippen LogP contribution in [0.15, 0.2) is 40.9 Å². The van der Waals surface area contributed by atoms with Crippen molar-refractivity contribution < 1.29 is 23.8 Å². The van der Waals surface area contributed by atoms with Crippen molar-refractivity contribution in [3.05, 3.63) is 47.3 Å². The van der Waals surface area contributed by atoms with Crippen LogP contribution in [0.5, 0.6) is 0 Å². The van der Waals surface area contributed by atoms with E-state index in [0.717, 1.165) is 4.88 Å². The van der Waals surface area contributed by atoms with E-state index < -0.39 is 5.60 Å². The number of amides is 2. The number of aryl methyl sites for hydroxylation is 1. The SMILES string of the molecule is COCC(=O)N(C)c1ccc2c(c1)nc(NC(=O)c1ccc(-c3cnc(C)o3)s1)n2CC(C)(C)O. The predicted octanol–water partition coefficient (Wildman–Crippen LogP) is 3.69. The summed E-state index contributed by atoms with van der Waals surface area (Å²) in [6.45, 7) is 5.28. The van der Waals surface area contributed by atoms with Gasteiger partial charge in [0.05, 0.1) is 39.1 Å². The lowest BCUT2D eigenvalue weighted by Gasteiger charge is -2.20. The Labute approximate surface area is 206 Å². The molecule has 0 saturated heterocycles. The molecule has 184 valence electrons. The van der Waals surface area contributed by atoms with E-state index in [-0.39, 0.29) is 25.0 Å². The number of rotatable bonds is 8. The molecule has 11 heteroatoms. The Hall–Kier alpha value is -3.54. The largest absolute Gasteiger partial charge is 0.440 e. The fourth-order valence-corrected chi connectivity index (χ4v) is 4.41. The molecule has 4 aromatic rings. The molecule has 0 saturated carbocycles. The summed E-state index contributed by atoms with van der Waals surface area (Å²) in [6, 6.07) is 8.87. The van der Waals surface area contributed by atoms with Gasteiger partial charge in [-0.2, -0.15) is 0 Å². The highest BCUT2D eigenvalue weighted by atomic mass is 32.1. The van der Waals surface area contributed by atoms with E-state index in [1.165, 1.54) is 23.3 Å². The number of hydrogen-bond acceptors (Lipinski definition) is 8. The summed E-state index contributed by atoms with van der Waals surface area (Å²) in [5.41, 5.74) is 0.860. The standard InChI is InChI=1S/C24H27N5O5S/c1-14-25-11-18(34-14)19-8-9-20(35-19)22(31)27-23-26-16-10-15(28(4)21(30)12-33-5)6-7-17(16)29(23)13-24(2,3)32/h6-11,32H,12-13H2,1-5H3,(H,26,27,31). The second-order valence-electron chi connectivity index (χ2n) is 8.75. The van der Waals surface area contributed by atoms with Crippen LogP contribution >= 0.6 is 11.3 Å². The molecule has 3 heterocycles. The van der Waals surface area contributed by atoms with E-state index in [1.807, 2.05) is 6.07 Å². The number of likely N-dealkylation sites (N-methyl/N-ethyl adjacent to an activating group) is 1. The van der Waals surface area contributed by atoms with E-state index in [0.29, 0.717) is 39.2 Å². The Kier molecular flexibility index (Phi) is 6.75. The number of aliphatic hydroxyl groups is 1. The van der Waals surface area contributed by atoms with Crippen LogP contribution < -0.4 is 10.2 Å². The maximum atomic E-state index is 13.1. The van der Waals surface area contributed by atoms with E-state index in [4.69, 9.17) is 9.15 Å². The van der Waals surface area contributed by atoms with Crippen LogP contribution in [0.4, 0.5) is 11.6 Å². The van der Waals surface area contributed by atoms with Crippen molar-refractivity contribution in [3.63, 3.8) is 0 Å². The average molecular weight is 498 g/mol. The van der Waals surface area contributed by atoms with E-state index in [2.05, 4.69) is 15.3 Å². The lowest BCUT2D eigenvalue weighted by atomic mass is 10.1. The third kappa shape index (κ3) is 5.42. The van der Waals surface area contributed by atoms with Crippen molar-refractivity contribution >= 4 is 45.8 Å². The van der Waals surface area contributed by atoms with Gasteiger partial charge in [-0.1, -0.05) is 0 Å². The number of nitrogens with one attached hydrogen (secondary N) is 1. The highest BCUT2D eigenvalue weighted by molar-refractivity contribution is 7.17. The molecular formula is C24H27N5O5S. The summed E-state index contributed by atoms with van der Waals surface area (Å²) in [5, 5.41) is 13.4. The van der Waals surface area contributed by atoms with Gasteiger partial charge in [0.15, 0.2) is 11.7 Å². The molecule has 3 aromatic heterocycles. The Morgan fingerprint density at radius 1 is 1.29 bits per heavy atom. The van der Waals surface area contributed by atoms with Gasteiger partial charge in [0.25, 0.3) is 11.8 Å². The number of imidazole rings is 1. The number of anilines is 2. The smallest absolute Gasteiger partial charge is 0.268 e. The maximum Gasteiger partial charge on any atom is 0.268 e. The molecule has 35 heavy (non-hydrogen) atoms.